The van der Waals surface area contributed by atoms with Crippen LogP contribution in [-0.4, -0.2) is 11.9 Å². The first kappa shape index (κ1) is 17.8. The monoisotopic (exact) mass is 374 g/mol. The number of para-hydroxylation sites is 1. The first-order valence-corrected chi connectivity index (χ1v) is 8.73. The summed E-state index contributed by atoms with van der Waals surface area (Å²) in [6.07, 6.45) is 0. The standard InChI is InChI=1S/C22H18N2O4/c1-14-7-8-16(13-19(14)22(23)24-20(25)21(26)28-22)15-9-11-18(12-10-15)27-17-5-3-2-4-6-17/h2-13H,23H2,1H3,(H,24,25). The van der Waals surface area contributed by atoms with E-state index in [0.717, 1.165) is 28.2 Å². The summed E-state index contributed by atoms with van der Waals surface area (Å²) in [4.78, 5) is 23.0. The molecule has 0 saturated carbocycles. The van der Waals surface area contributed by atoms with Crippen LogP contribution in [0.3, 0.4) is 0 Å². The number of aryl methyl sites for hydroxylation is 1. The number of carbonyl (C=O) groups is 2. The fraction of sp³-hybridized carbons (Fsp3) is 0.0909. The van der Waals surface area contributed by atoms with Crippen molar-refractivity contribution in [3.05, 3.63) is 83.9 Å². The molecule has 0 bridgehead atoms. The van der Waals surface area contributed by atoms with E-state index in [-0.39, 0.29) is 0 Å². The minimum absolute atomic E-state index is 0.522. The van der Waals surface area contributed by atoms with Gasteiger partial charge in [-0.25, -0.2) is 4.79 Å². The Morgan fingerprint density at radius 1 is 0.893 bits per heavy atom. The highest BCUT2D eigenvalue weighted by atomic mass is 16.6. The molecule has 6 nitrogen and oxygen atoms in total. The maximum atomic E-state index is 11.5. The number of cyclic esters (lactones) is 1. The average Bonchev–Trinajstić information content (AvgIpc) is 2.96. The summed E-state index contributed by atoms with van der Waals surface area (Å²) in [6, 6.07) is 22.7. The zero-order chi connectivity index (χ0) is 19.7. The highest BCUT2D eigenvalue weighted by molar-refractivity contribution is 6.34. The number of nitrogens with one attached hydrogen (secondary N) is 1. The third kappa shape index (κ3) is 3.33. The van der Waals surface area contributed by atoms with Gasteiger partial charge in [0.2, 0.25) is 0 Å². The van der Waals surface area contributed by atoms with Gasteiger partial charge in [-0.2, -0.15) is 0 Å². The smallest absolute Gasteiger partial charge is 0.400 e. The fourth-order valence-electron chi connectivity index (χ4n) is 3.10. The molecule has 1 atom stereocenters. The van der Waals surface area contributed by atoms with Gasteiger partial charge in [-0.3, -0.25) is 15.8 Å². The van der Waals surface area contributed by atoms with Crippen LogP contribution >= 0.6 is 0 Å². The molecule has 3 N–H and O–H groups in total. The summed E-state index contributed by atoms with van der Waals surface area (Å²) in [6.45, 7) is 1.84. The van der Waals surface area contributed by atoms with Gasteiger partial charge in [-0.05, 0) is 53.9 Å². The van der Waals surface area contributed by atoms with E-state index in [9.17, 15) is 9.59 Å². The molecule has 0 aromatic heterocycles. The van der Waals surface area contributed by atoms with Crippen LogP contribution < -0.4 is 15.8 Å². The van der Waals surface area contributed by atoms with Gasteiger partial charge in [0.25, 0.3) is 5.85 Å². The van der Waals surface area contributed by atoms with Crippen LogP contribution in [0.4, 0.5) is 0 Å². The van der Waals surface area contributed by atoms with Crippen molar-refractivity contribution < 1.29 is 19.1 Å². The van der Waals surface area contributed by atoms with Crippen molar-refractivity contribution in [1.82, 2.24) is 5.32 Å². The van der Waals surface area contributed by atoms with E-state index in [1.807, 2.05) is 73.7 Å². The average molecular weight is 374 g/mol. The predicted octanol–water partition coefficient (Wildman–Crippen LogP) is 3.20. The number of esters is 1. The van der Waals surface area contributed by atoms with Gasteiger partial charge >= 0.3 is 11.9 Å². The molecule has 1 fully saturated rings. The first-order chi connectivity index (χ1) is 13.4. The summed E-state index contributed by atoms with van der Waals surface area (Å²) < 4.78 is 10.9. The van der Waals surface area contributed by atoms with Crippen molar-refractivity contribution in [1.29, 1.82) is 0 Å². The highest BCUT2D eigenvalue weighted by Gasteiger charge is 2.45. The molecule has 1 aliphatic heterocycles. The number of amides is 1. The largest absolute Gasteiger partial charge is 0.457 e. The number of hydrogen-bond donors (Lipinski definition) is 2. The Bertz CT molecular complexity index is 1030. The van der Waals surface area contributed by atoms with Crippen molar-refractivity contribution >= 4 is 11.9 Å². The molecule has 1 amide bonds. The Kier molecular flexibility index (Phi) is 4.33. The van der Waals surface area contributed by atoms with E-state index in [2.05, 4.69) is 5.32 Å². The Hall–Kier alpha value is -3.64. The Morgan fingerprint density at radius 3 is 2.18 bits per heavy atom. The molecule has 3 aromatic carbocycles. The van der Waals surface area contributed by atoms with Crippen molar-refractivity contribution in [3.63, 3.8) is 0 Å². The van der Waals surface area contributed by atoms with E-state index < -0.39 is 17.7 Å². The molecule has 1 unspecified atom stereocenters. The second-order valence-corrected chi connectivity index (χ2v) is 6.55. The van der Waals surface area contributed by atoms with Crippen molar-refractivity contribution in [2.24, 2.45) is 5.73 Å². The van der Waals surface area contributed by atoms with E-state index in [1.54, 1.807) is 6.07 Å². The summed E-state index contributed by atoms with van der Waals surface area (Å²) in [5, 5.41) is 2.40. The third-order valence-corrected chi connectivity index (χ3v) is 4.54. The molecule has 0 aliphatic carbocycles. The van der Waals surface area contributed by atoms with E-state index in [1.165, 1.54) is 0 Å². The zero-order valence-electron chi connectivity index (χ0n) is 15.1. The summed E-state index contributed by atoms with van der Waals surface area (Å²) in [5.74, 6) is -2.03. The number of hydrogen-bond acceptors (Lipinski definition) is 5. The molecule has 0 spiro atoms. The van der Waals surface area contributed by atoms with Gasteiger partial charge in [-0.15, -0.1) is 0 Å². The predicted molar refractivity (Wildman–Crippen MR) is 103 cm³/mol. The van der Waals surface area contributed by atoms with Gasteiger partial charge in [0.05, 0.1) is 0 Å². The number of benzene rings is 3. The molecular formula is C22H18N2O4. The van der Waals surface area contributed by atoms with Gasteiger partial charge in [0.15, 0.2) is 0 Å². The fourth-order valence-corrected chi connectivity index (χ4v) is 3.10. The van der Waals surface area contributed by atoms with Crippen LogP contribution in [0.15, 0.2) is 72.8 Å². The van der Waals surface area contributed by atoms with Gasteiger partial charge in [0.1, 0.15) is 11.5 Å². The van der Waals surface area contributed by atoms with Crippen molar-refractivity contribution in [3.8, 4) is 22.6 Å². The molecule has 0 radical (unpaired) electrons. The van der Waals surface area contributed by atoms with Gasteiger partial charge in [-0.1, -0.05) is 42.5 Å². The minimum atomic E-state index is -1.66. The lowest BCUT2D eigenvalue weighted by Gasteiger charge is -2.24. The quantitative estimate of drug-likeness (QED) is 0.541. The second-order valence-electron chi connectivity index (χ2n) is 6.55. The second kappa shape index (κ2) is 6.83. The number of carbonyl (C=O) groups excluding carboxylic acids is 2. The maximum Gasteiger partial charge on any atom is 0.400 e. The zero-order valence-corrected chi connectivity index (χ0v) is 15.1. The maximum absolute atomic E-state index is 11.5. The van der Waals surface area contributed by atoms with Gasteiger partial charge in [0, 0.05) is 5.56 Å². The first-order valence-electron chi connectivity index (χ1n) is 8.73. The lowest BCUT2D eigenvalue weighted by atomic mass is 9.97. The molecule has 3 aromatic rings. The molecule has 1 heterocycles. The number of rotatable bonds is 4. The Morgan fingerprint density at radius 2 is 1.54 bits per heavy atom. The topological polar surface area (TPSA) is 90.6 Å². The van der Waals surface area contributed by atoms with Crippen LogP contribution in [0, 0.1) is 6.92 Å². The molecular weight excluding hydrogens is 356 g/mol. The SMILES string of the molecule is Cc1ccc(-c2ccc(Oc3ccccc3)cc2)cc1C1(N)NC(=O)C(=O)O1. The number of ether oxygens (including phenoxy) is 2. The highest BCUT2D eigenvalue weighted by Crippen LogP contribution is 2.31. The van der Waals surface area contributed by atoms with E-state index >= 15 is 0 Å². The summed E-state index contributed by atoms with van der Waals surface area (Å²) >= 11 is 0. The molecule has 28 heavy (non-hydrogen) atoms. The molecule has 1 aliphatic rings. The van der Waals surface area contributed by atoms with Crippen molar-refractivity contribution in [2.45, 2.75) is 12.8 Å². The Balaban J connectivity index is 1.61. The summed E-state index contributed by atoms with van der Waals surface area (Å²) in [7, 11) is 0. The van der Waals surface area contributed by atoms with Crippen LogP contribution in [0.1, 0.15) is 11.1 Å². The molecule has 1 saturated heterocycles. The lowest BCUT2D eigenvalue weighted by molar-refractivity contribution is -0.153. The third-order valence-electron chi connectivity index (χ3n) is 4.54. The normalized spacial score (nSPS) is 18.5. The van der Waals surface area contributed by atoms with E-state index in [0.29, 0.717) is 5.56 Å². The van der Waals surface area contributed by atoms with Crippen LogP contribution in [-0.2, 0) is 20.2 Å². The molecule has 4 rings (SSSR count). The molecule has 140 valence electrons. The van der Waals surface area contributed by atoms with Crippen LogP contribution in [0.5, 0.6) is 11.5 Å². The summed E-state index contributed by atoms with van der Waals surface area (Å²) in [5.41, 5.74) is 9.24. The lowest BCUT2D eigenvalue weighted by Crippen LogP contribution is -2.48. The van der Waals surface area contributed by atoms with Crippen LogP contribution in [0.2, 0.25) is 0 Å². The number of nitrogens with two attached hydrogens (primary N) is 1. The van der Waals surface area contributed by atoms with E-state index in [4.69, 9.17) is 15.2 Å². The Labute approximate surface area is 161 Å². The van der Waals surface area contributed by atoms with Gasteiger partial charge < -0.3 is 9.47 Å². The molecule has 6 heteroatoms. The van der Waals surface area contributed by atoms with Crippen LogP contribution in [0.25, 0.3) is 11.1 Å². The minimum Gasteiger partial charge on any atom is -0.457 e. The van der Waals surface area contributed by atoms with Crippen molar-refractivity contribution in [2.75, 3.05) is 0 Å².